The van der Waals surface area contributed by atoms with Gasteiger partial charge in [0.1, 0.15) is 17.1 Å². The smallest absolute Gasteiger partial charge is 0.310 e. The molecular formula is C13H11Cl3FN3O4S. The van der Waals surface area contributed by atoms with Crippen molar-refractivity contribution in [1.29, 1.82) is 0 Å². The summed E-state index contributed by atoms with van der Waals surface area (Å²) in [6, 6.07) is 0.327. The first-order chi connectivity index (χ1) is 11.6. The molecule has 2 heterocycles. The van der Waals surface area contributed by atoms with Crippen molar-refractivity contribution in [2.24, 2.45) is 0 Å². The van der Waals surface area contributed by atoms with Gasteiger partial charge < -0.3 is 4.90 Å². The Morgan fingerprint density at radius 2 is 2.00 bits per heavy atom. The molecule has 0 bridgehead atoms. The summed E-state index contributed by atoms with van der Waals surface area (Å²) in [5.74, 6) is -1.57. The van der Waals surface area contributed by atoms with Gasteiger partial charge >= 0.3 is 6.03 Å². The zero-order valence-corrected chi connectivity index (χ0v) is 15.5. The van der Waals surface area contributed by atoms with Gasteiger partial charge in [-0.3, -0.25) is 9.52 Å². The molecule has 2 saturated heterocycles. The van der Waals surface area contributed by atoms with Gasteiger partial charge in [-0.1, -0.05) is 11.6 Å². The minimum atomic E-state index is -3.91. The molecule has 1 N–H and O–H groups in total. The van der Waals surface area contributed by atoms with Crippen LogP contribution in [0.5, 0.6) is 0 Å². The molecule has 0 spiro atoms. The lowest BCUT2D eigenvalue weighted by Crippen LogP contribution is -2.35. The summed E-state index contributed by atoms with van der Waals surface area (Å²) in [5, 5.41) is -1.33. The van der Waals surface area contributed by atoms with Crippen LogP contribution in [0.2, 0.25) is 5.02 Å². The monoisotopic (exact) mass is 429 g/mol. The molecule has 2 atom stereocenters. The number of carbonyl (C=O) groups excluding carboxylic acids is 2. The maximum absolute atomic E-state index is 14.3. The minimum absolute atomic E-state index is 0.175. The van der Waals surface area contributed by atoms with E-state index in [4.69, 9.17) is 34.8 Å². The molecule has 0 aliphatic carbocycles. The predicted molar refractivity (Wildman–Crippen MR) is 92.3 cm³/mol. The van der Waals surface area contributed by atoms with E-state index in [9.17, 15) is 22.4 Å². The van der Waals surface area contributed by atoms with Crippen molar-refractivity contribution in [3.8, 4) is 0 Å². The SMILES string of the molecule is O=C1C2CC(Cl)CN2C(=O)N1c1cc(NS(=O)(=O)CCl)c(Cl)cc1F. The van der Waals surface area contributed by atoms with Crippen LogP contribution in [0.3, 0.4) is 0 Å². The van der Waals surface area contributed by atoms with E-state index < -0.39 is 44.7 Å². The summed E-state index contributed by atoms with van der Waals surface area (Å²) >= 11 is 17.1. The number of hydrogen-bond donors (Lipinski definition) is 1. The van der Waals surface area contributed by atoms with Gasteiger partial charge in [0.2, 0.25) is 10.0 Å². The third-order valence-electron chi connectivity index (χ3n) is 3.88. The molecular weight excluding hydrogens is 420 g/mol. The highest BCUT2D eigenvalue weighted by Crippen LogP contribution is 2.37. The second kappa shape index (κ2) is 6.46. The summed E-state index contributed by atoms with van der Waals surface area (Å²) < 4.78 is 39.6. The molecule has 136 valence electrons. The number of alkyl halides is 2. The van der Waals surface area contributed by atoms with Crippen LogP contribution in [0.15, 0.2) is 12.1 Å². The van der Waals surface area contributed by atoms with Crippen molar-refractivity contribution in [3.05, 3.63) is 23.0 Å². The Balaban J connectivity index is 2.00. The van der Waals surface area contributed by atoms with Crippen LogP contribution in [0, 0.1) is 5.82 Å². The van der Waals surface area contributed by atoms with Crippen LogP contribution >= 0.6 is 34.8 Å². The van der Waals surface area contributed by atoms with Gasteiger partial charge in [0.05, 0.1) is 21.8 Å². The number of nitrogens with zero attached hydrogens (tertiary/aromatic N) is 2. The van der Waals surface area contributed by atoms with Crippen molar-refractivity contribution in [3.63, 3.8) is 0 Å². The molecule has 1 aromatic carbocycles. The molecule has 1 aromatic rings. The van der Waals surface area contributed by atoms with E-state index in [1.807, 2.05) is 0 Å². The topological polar surface area (TPSA) is 86.8 Å². The summed E-state index contributed by atoms with van der Waals surface area (Å²) in [5.41, 5.74) is -0.589. The normalized spacial score (nSPS) is 23.4. The maximum Gasteiger partial charge on any atom is 0.332 e. The average molecular weight is 431 g/mol. The molecule has 2 unspecified atom stereocenters. The molecule has 3 amide bonds. The van der Waals surface area contributed by atoms with Crippen molar-refractivity contribution in [1.82, 2.24) is 4.90 Å². The Hall–Kier alpha value is -1.29. The fourth-order valence-corrected chi connectivity index (χ4v) is 4.10. The lowest BCUT2D eigenvalue weighted by atomic mass is 10.2. The predicted octanol–water partition coefficient (Wildman–Crippen LogP) is 2.57. The van der Waals surface area contributed by atoms with Crippen LogP contribution in [0.4, 0.5) is 20.6 Å². The van der Waals surface area contributed by atoms with Crippen molar-refractivity contribution in [2.75, 3.05) is 21.4 Å². The number of urea groups is 1. The second-order valence-corrected chi connectivity index (χ2v) is 8.90. The number of benzene rings is 1. The number of imide groups is 1. The first-order valence-electron chi connectivity index (χ1n) is 6.98. The lowest BCUT2D eigenvalue weighted by Gasteiger charge is -2.18. The van der Waals surface area contributed by atoms with Crippen LogP contribution < -0.4 is 9.62 Å². The number of amides is 3. The lowest BCUT2D eigenvalue weighted by molar-refractivity contribution is -0.119. The molecule has 0 saturated carbocycles. The maximum atomic E-state index is 14.3. The highest BCUT2D eigenvalue weighted by molar-refractivity contribution is 7.93. The molecule has 12 heteroatoms. The fourth-order valence-electron chi connectivity index (χ4n) is 2.81. The first-order valence-corrected chi connectivity index (χ1v) is 9.99. The molecule has 3 rings (SSSR count). The zero-order chi connectivity index (χ0) is 18.5. The Morgan fingerprint density at radius 1 is 1.32 bits per heavy atom. The molecule has 2 fully saturated rings. The van der Waals surface area contributed by atoms with Crippen LogP contribution in [0.1, 0.15) is 6.42 Å². The number of sulfonamides is 1. The van der Waals surface area contributed by atoms with Crippen LogP contribution in [0.25, 0.3) is 0 Å². The van der Waals surface area contributed by atoms with Gasteiger partial charge in [-0.15, -0.1) is 23.2 Å². The van der Waals surface area contributed by atoms with Gasteiger partial charge in [0.15, 0.2) is 0 Å². The number of nitrogens with one attached hydrogen (secondary N) is 1. The third-order valence-corrected chi connectivity index (χ3v) is 6.19. The number of halogens is 4. The quantitative estimate of drug-likeness (QED) is 0.587. The second-order valence-electron chi connectivity index (χ2n) is 5.57. The summed E-state index contributed by atoms with van der Waals surface area (Å²) in [7, 11) is -3.91. The molecule has 0 radical (unpaired) electrons. The number of carbonyl (C=O) groups is 2. The number of anilines is 2. The van der Waals surface area contributed by atoms with E-state index in [1.54, 1.807) is 0 Å². The Morgan fingerprint density at radius 3 is 2.60 bits per heavy atom. The van der Waals surface area contributed by atoms with Gasteiger partial charge in [-0.25, -0.2) is 22.5 Å². The van der Waals surface area contributed by atoms with Crippen molar-refractivity contribution >= 4 is 68.1 Å². The van der Waals surface area contributed by atoms with Gasteiger partial charge in [-0.05, 0) is 18.6 Å². The molecule has 2 aliphatic heterocycles. The van der Waals surface area contributed by atoms with E-state index in [2.05, 4.69) is 4.72 Å². The number of rotatable bonds is 4. The standard InChI is InChI=1S/C13H11Cl3FN3O4S/c14-5-25(23,24)18-9-3-10(8(17)2-7(9)16)20-12(21)11-1-6(15)4-19(11)13(20)22/h2-3,6,11,18H,1,4-5H2. The molecule has 25 heavy (non-hydrogen) atoms. The van der Waals surface area contributed by atoms with E-state index in [0.717, 1.165) is 12.1 Å². The Bertz CT molecular complexity index is 842. The van der Waals surface area contributed by atoms with E-state index in [0.29, 0.717) is 4.90 Å². The third kappa shape index (κ3) is 3.25. The van der Waals surface area contributed by atoms with Gasteiger partial charge in [-0.2, -0.15) is 0 Å². The minimum Gasteiger partial charge on any atom is -0.310 e. The average Bonchev–Trinajstić information content (AvgIpc) is 3.01. The highest BCUT2D eigenvalue weighted by Gasteiger charge is 2.51. The number of fused-ring (bicyclic) bond motifs is 1. The van der Waals surface area contributed by atoms with Crippen molar-refractivity contribution in [2.45, 2.75) is 17.8 Å². The largest absolute Gasteiger partial charge is 0.332 e. The van der Waals surface area contributed by atoms with E-state index in [-0.39, 0.29) is 29.1 Å². The molecule has 7 nitrogen and oxygen atoms in total. The summed E-state index contributed by atoms with van der Waals surface area (Å²) in [4.78, 5) is 26.8. The highest BCUT2D eigenvalue weighted by atomic mass is 35.5. The Labute approximate surface area is 157 Å². The van der Waals surface area contributed by atoms with Gasteiger partial charge in [0, 0.05) is 6.54 Å². The zero-order valence-electron chi connectivity index (χ0n) is 12.4. The van der Waals surface area contributed by atoms with Crippen molar-refractivity contribution < 1.29 is 22.4 Å². The Kier molecular flexibility index (Phi) is 4.78. The first kappa shape index (κ1) is 18.5. The fraction of sp³-hybridized carbons (Fsp3) is 0.385. The van der Waals surface area contributed by atoms with Crippen LogP contribution in [-0.2, 0) is 14.8 Å². The van der Waals surface area contributed by atoms with Gasteiger partial charge in [0.25, 0.3) is 5.91 Å². The molecule has 0 aromatic heterocycles. The molecule has 2 aliphatic rings. The summed E-state index contributed by atoms with van der Waals surface area (Å²) in [6.07, 6.45) is 0.267. The van der Waals surface area contributed by atoms with E-state index >= 15 is 0 Å². The van der Waals surface area contributed by atoms with E-state index in [1.165, 1.54) is 4.90 Å². The summed E-state index contributed by atoms with van der Waals surface area (Å²) in [6.45, 7) is 0.175. The number of hydrogen-bond acceptors (Lipinski definition) is 4. The van der Waals surface area contributed by atoms with Crippen LogP contribution in [-0.4, -0.2) is 48.4 Å².